The van der Waals surface area contributed by atoms with Crippen LogP contribution in [0.2, 0.25) is 0 Å². The molecule has 2 aromatic rings. The molecule has 0 amide bonds. The fourth-order valence-electron chi connectivity index (χ4n) is 2.44. The van der Waals surface area contributed by atoms with Crippen molar-refractivity contribution in [1.29, 1.82) is 0 Å². The Morgan fingerprint density at radius 1 is 1.40 bits per heavy atom. The van der Waals surface area contributed by atoms with E-state index in [0.717, 1.165) is 18.5 Å². The van der Waals surface area contributed by atoms with E-state index in [-0.39, 0.29) is 18.1 Å². The van der Waals surface area contributed by atoms with Gasteiger partial charge in [0.05, 0.1) is 11.8 Å². The van der Waals surface area contributed by atoms with E-state index < -0.39 is 0 Å². The Morgan fingerprint density at radius 3 is 2.90 bits per heavy atom. The minimum atomic E-state index is -0.158. The number of nitrogens with one attached hydrogen (secondary N) is 3. The monoisotopic (exact) mass is 278 g/mol. The number of rotatable bonds is 7. The van der Waals surface area contributed by atoms with Gasteiger partial charge in [0.15, 0.2) is 0 Å². The molecule has 0 aliphatic carbocycles. The minimum absolute atomic E-state index is 0.158. The normalized spacial score (nSPS) is 13.2. The predicted molar refractivity (Wildman–Crippen MR) is 78.5 cm³/mol. The molecule has 0 aliphatic rings. The smallest absolute Gasteiger partial charge is 0.275 e. The molecule has 6 nitrogen and oxygen atoms in total. The van der Waals surface area contributed by atoms with E-state index in [1.807, 2.05) is 0 Å². The SMILES string of the molecule is CC(C)CC(CO)CNCc1c[nH]c2c(=O)[nH]cnc12. The van der Waals surface area contributed by atoms with Crippen LogP contribution in [0.15, 0.2) is 17.3 Å². The van der Waals surface area contributed by atoms with Gasteiger partial charge in [0.1, 0.15) is 5.52 Å². The van der Waals surface area contributed by atoms with Gasteiger partial charge in [-0.3, -0.25) is 4.79 Å². The van der Waals surface area contributed by atoms with Crippen molar-refractivity contribution in [2.75, 3.05) is 13.2 Å². The molecule has 20 heavy (non-hydrogen) atoms. The maximum Gasteiger partial charge on any atom is 0.275 e. The second-order valence-corrected chi connectivity index (χ2v) is 5.58. The van der Waals surface area contributed by atoms with Crippen LogP contribution in [0.4, 0.5) is 0 Å². The molecule has 0 bridgehead atoms. The predicted octanol–water partition coefficient (Wildman–Crippen LogP) is 0.995. The average Bonchev–Trinajstić information content (AvgIpc) is 2.82. The Hall–Kier alpha value is -1.66. The molecular weight excluding hydrogens is 256 g/mol. The molecular formula is C14H22N4O2. The first-order chi connectivity index (χ1) is 9.61. The van der Waals surface area contributed by atoms with Crippen LogP contribution in [-0.4, -0.2) is 33.2 Å². The summed E-state index contributed by atoms with van der Waals surface area (Å²) in [6.07, 6.45) is 4.21. The zero-order chi connectivity index (χ0) is 14.5. The largest absolute Gasteiger partial charge is 0.396 e. The fourth-order valence-corrected chi connectivity index (χ4v) is 2.44. The molecule has 0 saturated heterocycles. The average molecular weight is 278 g/mol. The Kier molecular flexibility index (Phi) is 4.92. The van der Waals surface area contributed by atoms with Gasteiger partial charge in [0.2, 0.25) is 0 Å². The van der Waals surface area contributed by atoms with Gasteiger partial charge in [-0.05, 0) is 18.3 Å². The zero-order valence-electron chi connectivity index (χ0n) is 11.9. The molecule has 6 heteroatoms. The molecule has 2 aromatic heterocycles. The highest BCUT2D eigenvalue weighted by atomic mass is 16.3. The molecule has 2 heterocycles. The Balaban J connectivity index is 1.96. The maximum atomic E-state index is 11.6. The van der Waals surface area contributed by atoms with Gasteiger partial charge in [-0.25, -0.2) is 4.98 Å². The van der Waals surface area contributed by atoms with Crippen LogP contribution in [0.3, 0.4) is 0 Å². The van der Waals surface area contributed by atoms with Crippen LogP contribution in [0.5, 0.6) is 0 Å². The summed E-state index contributed by atoms with van der Waals surface area (Å²) in [4.78, 5) is 21.2. The van der Waals surface area contributed by atoms with Gasteiger partial charge >= 0.3 is 0 Å². The summed E-state index contributed by atoms with van der Waals surface area (Å²) >= 11 is 0. The molecule has 1 unspecified atom stereocenters. The molecule has 4 N–H and O–H groups in total. The third-order valence-electron chi connectivity index (χ3n) is 3.36. The highest BCUT2D eigenvalue weighted by Crippen LogP contribution is 2.13. The summed E-state index contributed by atoms with van der Waals surface area (Å²) < 4.78 is 0. The van der Waals surface area contributed by atoms with Crippen molar-refractivity contribution >= 4 is 11.0 Å². The third kappa shape index (κ3) is 3.46. The minimum Gasteiger partial charge on any atom is -0.396 e. The Morgan fingerprint density at radius 2 is 2.20 bits per heavy atom. The van der Waals surface area contributed by atoms with Crippen LogP contribution >= 0.6 is 0 Å². The summed E-state index contributed by atoms with van der Waals surface area (Å²) in [6.45, 7) is 5.88. The zero-order valence-corrected chi connectivity index (χ0v) is 11.9. The van der Waals surface area contributed by atoms with E-state index in [2.05, 4.69) is 34.1 Å². The van der Waals surface area contributed by atoms with Gasteiger partial charge in [0.25, 0.3) is 5.56 Å². The van der Waals surface area contributed by atoms with Crippen molar-refractivity contribution in [3.8, 4) is 0 Å². The summed E-state index contributed by atoms with van der Waals surface area (Å²) in [5.74, 6) is 0.832. The molecule has 0 aliphatic heterocycles. The van der Waals surface area contributed by atoms with Gasteiger partial charge in [-0.2, -0.15) is 0 Å². The van der Waals surface area contributed by atoms with Crippen LogP contribution in [-0.2, 0) is 6.54 Å². The molecule has 0 fully saturated rings. The quantitative estimate of drug-likeness (QED) is 0.607. The van der Waals surface area contributed by atoms with E-state index >= 15 is 0 Å². The molecule has 0 aromatic carbocycles. The van der Waals surface area contributed by atoms with E-state index in [9.17, 15) is 9.90 Å². The van der Waals surface area contributed by atoms with Gasteiger partial charge in [-0.1, -0.05) is 13.8 Å². The summed E-state index contributed by atoms with van der Waals surface area (Å²) in [5.41, 5.74) is 2.01. The highest BCUT2D eigenvalue weighted by molar-refractivity contribution is 5.77. The maximum absolute atomic E-state index is 11.6. The molecule has 0 radical (unpaired) electrons. The number of H-pyrrole nitrogens is 2. The van der Waals surface area contributed by atoms with Crippen molar-refractivity contribution < 1.29 is 5.11 Å². The van der Waals surface area contributed by atoms with Crippen molar-refractivity contribution in [3.63, 3.8) is 0 Å². The Bertz CT molecular complexity index is 602. The first kappa shape index (κ1) is 14.7. The van der Waals surface area contributed by atoms with Gasteiger partial charge < -0.3 is 20.4 Å². The van der Waals surface area contributed by atoms with Crippen LogP contribution < -0.4 is 10.9 Å². The van der Waals surface area contributed by atoms with Crippen molar-refractivity contribution in [2.24, 2.45) is 11.8 Å². The standard InChI is InChI=1S/C14H22N4O2/c1-9(2)3-10(7-19)4-15-5-11-6-16-13-12(11)17-8-18-14(13)20/h6,8-10,15-16,19H,3-5,7H2,1-2H3,(H,17,18,20). The van der Waals surface area contributed by atoms with Crippen molar-refractivity contribution in [1.82, 2.24) is 20.3 Å². The van der Waals surface area contributed by atoms with Crippen LogP contribution in [0.1, 0.15) is 25.8 Å². The lowest BCUT2D eigenvalue weighted by molar-refractivity contribution is 0.202. The van der Waals surface area contributed by atoms with Gasteiger partial charge in [0, 0.05) is 31.5 Å². The Labute approximate surface area is 117 Å². The summed E-state index contributed by atoms with van der Waals surface area (Å²) in [5, 5.41) is 12.7. The van der Waals surface area contributed by atoms with Gasteiger partial charge in [-0.15, -0.1) is 0 Å². The number of hydrogen-bond donors (Lipinski definition) is 4. The number of fused-ring (bicyclic) bond motifs is 1. The molecule has 110 valence electrons. The second kappa shape index (κ2) is 6.67. The number of nitrogens with zero attached hydrogens (tertiary/aromatic N) is 1. The molecule has 1 atom stereocenters. The third-order valence-corrected chi connectivity index (χ3v) is 3.36. The van der Waals surface area contributed by atoms with E-state index in [1.54, 1.807) is 6.20 Å². The van der Waals surface area contributed by atoms with Crippen LogP contribution in [0, 0.1) is 11.8 Å². The van der Waals surface area contributed by atoms with Crippen molar-refractivity contribution in [3.05, 3.63) is 28.4 Å². The second-order valence-electron chi connectivity index (χ2n) is 5.58. The van der Waals surface area contributed by atoms with E-state index in [0.29, 0.717) is 23.5 Å². The molecule has 0 saturated carbocycles. The summed E-state index contributed by atoms with van der Waals surface area (Å²) in [7, 11) is 0. The number of aromatic amines is 2. The fraction of sp³-hybridized carbons (Fsp3) is 0.571. The molecule has 2 rings (SSSR count). The van der Waals surface area contributed by atoms with E-state index in [1.165, 1.54) is 6.33 Å². The lowest BCUT2D eigenvalue weighted by Crippen LogP contribution is -2.26. The van der Waals surface area contributed by atoms with E-state index in [4.69, 9.17) is 0 Å². The molecule has 0 spiro atoms. The van der Waals surface area contributed by atoms with Crippen LogP contribution in [0.25, 0.3) is 11.0 Å². The first-order valence-corrected chi connectivity index (χ1v) is 6.97. The number of aliphatic hydroxyl groups excluding tert-OH is 1. The first-order valence-electron chi connectivity index (χ1n) is 6.97. The lowest BCUT2D eigenvalue weighted by atomic mass is 9.98. The number of aromatic nitrogens is 3. The topological polar surface area (TPSA) is 93.8 Å². The summed E-state index contributed by atoms with van der Waals surface area (Å²) in [6, 6.07) is 0. The number of hydrogen-bond acceptors (Lipinski definition) is 4. The highest BCUT2D eigenvalue weighted by Gasteiger charge is 2.11. The number of aliphatic hydroxyl groups is 1. The lowest BCUT2D eigenvalue weighted by Gasteiger charge is -2.16. The van der Waals surface area contributed by atoms with Crippen molar-refractivity contribution in [2.45, 2.75) is 26.8 Å².